The van der Waals surface area contributed by atoms with Crippen LogP contribution in [0, 0.1) is 5.92 Å². The SMILES string of the molecule is C[C@H](NC(=O)Nc1ccc(S(=O)(=O)NCCC2CCNCC2)cc1)c1cccc(Cl)c1Cl. The van der Waals surface area contributed by atoms with Crippen LogP contribution >= 0.6 is 23.2 Å². The van der Waals surface area contributed by atoms with Gasteiger partial charge in [0.2, 0.25) is 10.0 Å². The van der Waals surface area contributed by atoms with Crippen LogP contribution in [0.2, 0.25) is 10.0 Å². The molecule has 0 radical (unpaired) electrons. The number of amides is 2. The minimum absolute atomic E-state index is 0.160. The predicted molar refractivity (Wildman–Crippen MR) is 129 cm³/mol. The van der Waals surface area contributed by atoms with Crippen molar-refractivity contribution in [3.63, 3.8) is 0 Å². The fourth-order valence-corrected chi connectivity index (χ4v) is 5.18. The third-order valence-electron chi connectivity index (χ3n) is 5.52. The normalized spacial score (nSPS) is 15.8. The molecule has 1 heterocycles. The molecule has 174 valence electrons. The molecule has 0 unspecified atom stereocenters. The van der Waals surface area contributed by atoms with Crippen LogP contribution in [0.4, 0.5) is 10.5 Å². The zero-order chi connectivity index (χ0) is 23.1. The number of urea groups is 1. The molecule has 0 spiro atoms. The first-order valence-electron chi connectivity index (χ1n) is 10.6. The van der Waals surface area contributed by atoms with Crippen molar-refractivity contribution in [3.05, 3.63) is 58.1 Å². The van der Waals surface area contributed by atoms with Crippen molar-refractivity contribution in [2.24, 2.45) is 5.92 Å². The number of benzene rings is 2. The lowest BCUT2D eigenvalue weighted by Crippen LogP contribution is -2.31. The Hall–Kier alpha value is -1.84. The monoisotopic (exact) mass is 498 g/mol. The molecule has 7 nitrogen and oxygen atoms in total. The summed E-state index contributed by atoms with van der Waals surface area (Å²) in [5, 5.41) is 9.60. The van der Waals surface area contributed by atoms with Crippen molar-refractivity contribution in [3.8, 4) is 0 Å². The van der Waals surface area contributed by atoms with Crippen LogP contribution in [-0.2, 0) is 10.0 Å². The largest absolute Gasteiger partial charge is 0.331 e. The van der Waals surface area contributed by atoms with Crippen LogP contribution in [0.25, 0.3) is 0 Å². The quantitative estimate of drug-likeness (QED) is 0.429. The lowest BCUT2D eigenvalue weighted by Gasteiger charge is -2.22. The third kappa shape index (κ3) is 6.83. The van der Waals surface area contributed by atoms with Gasteiger partial charge < -0.3 is 16.0 Å². The minimum Gasteiger partial charge on any atom is -0.331 e. The molecule has 2 amide bonds. The van der Waals surface area contributed by atoms with Crippen molar-refractivity contribution in [1.29, 1.82) is 0 Å². The van der Waals surface area contributed by atoms with E-state index in [-0.39, 0.29) is 10.9 Å². The maximum absolute atomic E-state index is 12.5. The lowest BCUT2D eigenvalue weighted by atomic mass is 9.95. The van der Waals surface area contributed by atoms with Gasteiger partial charge >= 0.3 is 6.03 Å². The van der Waals surface area contributed by atoms with Crippen molar-refractivity contribution in [2.75, 3.05) is 25.0 Å². The maximum Gasteiger partial charge on any atom is 0.319 e. The molecule has 1 aliphatic heterocycles. The van der Waals surface area contributed by atoms with Crippen LogP contribution in [0.1, 0.15) is 37.8 Å². The second-order valence-corrected chi connectivity index (χ2v) is 10.4. The van der Waals surface area contributed by atoms with Gasteiger partial charge in [0.15, 0.2) is 0 Å². The Bertz CT molecular complexity index is 1030. The molecule has 2 aromatic carbocycles. The number of carbonyl (C=O) groups excluding carboxylic acids is 1. The van der Waals surface area contributed by atoms with Gasteiger partial charge in [0, 0.05) is 12.2 Å². The number of hydrogen-bond acceptors (Lipinski definition) is 4. The van der Waals surface area contributed by atoms with Gasteiger partial charge in [0.05, 0.1) is 21.0 Å². The Morgan fingerprint density at radius 2 is 1.81 bits per heavy atom. The summed E-state index contributed by atoms with van der Waals surface area (Å²) in [6, 6.07) is 10.5. The molecule has 32 heavy (non-hydrogen) atoms. The first-order chi connectivity index (χ1) is 15.3. The molecule has 0 aliphatic carbocycles. The van der Waals surface area contributed by atoms with Crippen LogP contribution < -0.4 is 20.7 Å². The highest BCUT2D eigenvalue weighted by molar-refractivity contribution is 7.89. The van der Waals surface area contributed by atoms with Crippen LogP contribution in [-0.4, -0.2) is 34.1 Å². The first kappa shape index (κ1) is 24.8. The number of nitrogens with one attached hydrogen (secondary N) is 4. The van der Waals surface area contributed by atoms with E-state index in [9.17, 15) is 13.2 Å². The predicted octanol–water partition coefficient (Wildman–Crippen LogP) is 4.54. The first-order valence-corrected chi connectivity index (χ1v) is 12.8. The number of rotatable bonds is 8. The Morgan fingerprint density at radius 3 is 2.50 bits per heavy atom. The summed E-state index contributed by atoms with van der Waals surface area (Å²) in [4.78, 5) is 12.5. The fraction of sp³-hybridized carbons (Fsp3) is 0.409. The molecular weight excluding hydrogens is 471 g/mol. The molecule has 0 aromatic heterocycles. The lowest BCUT2D eigenvalue weighted by molar-refractivity contribution is 0.249. The molecule has 2 aromatic rings. The van der Waals surface area contributed by atoms with Crippen LogP contribution in [0.5, 0.6) is 0 Å². The summed E-state index contributed by atoms with van der Waals surface area (Å²) in [7, 11) is -3.59. The van der Waals surface area contributed by atoms with Gasteiger partial charge in [-0.1, -0.05) is 35.3 Å². The van der Waals surface area contributed by atoms with Crippen molar-refractivity contribution in [1.82, 2.24) is 15.4 Å². The topological polar surface area (TPSA) is 99.3 Å². The van der Waals surface area contributed by atoms with Gasteiger partial charge in [0.25, 0.3) is 0 Å². The summed E-state index contributed by atoms with van der Waals surface area (Å²) in [6.07, 6.45) is 2.98. The number of hydrogen-bond donors (Lipinski definition) is 4. The minimum atomic E-state index is -3.59. The summed E-state index contributed by atoms with van der Waals surface area (Å²) in [6.45, 7) is 4.19. The smallest absolute Gasteiger partial charge is 0.319 e. The highest BCUT2D eigenvalue weighted by atomic mass is 35.5. The molecule has 1 atom stereocenters. The Labute approximate surface area is 199 Å². The van der Waals surface area contributed by atoms with E-state index in [1.807, 2.05) is 0 Å². The van der Waals surface area contributed by atoms with Gasteiger partial charge in [-0.3, -0.25) is 0 Å². The highest BCUT2D eigenvalue weighted by Gasteiger charge is 2.18. The highest BCUT2D eigenvalue weighted by Crippen LogP contribution is 2.29. The summed E-state index contributed by atoms with van der Waals surface area (Å²) >= 11 is 12.2. The standard InChI is InChI=1S/C22H28Cl2N4O3S/c1-15(19-3-2-4-20(23)21(19)24)27-22(29)28-17-5-7-18(8-6-17)32(30,31)26-14-11-16-9-12-25-13-10-16/h2-8,15-16,25-26H,9-14H2,1H3,(H2,27,28,29)/t15-/m0/s1. The zero-order valence-corrected chi connectivity index (χ0v) is 20.2. The molecule has 4 N–H and O–H groups in total. The molecule has 1 saturated heterocycles. The van der Waals surface area contributed by atoms with Gasteiger partial charge in [-0.25, -0.2) is 17.9 Å². The van der Waals surface area contributed by atoms with E-state index in [1.165, 1.54) is 12.1 Å². The average Bonchev–Trinajstić information content (AvgIpc) is 2.76. The molecule has 1 fully saturated rings. The van der Waals surface area contributed by atoms with E-state index in [2.05, 4.69) is 20.7 Å². The fourth-order valence-electron chi connectivity index (χ4n) is 3.67. The summed E-state index contributed by atoms with van der Waals surface area (Å²) < 4.78 is 27.7. The Balaban J connectivity index is 1.51. The summed E-state index contributed by atoms with van der Waals surface area (Å²) in [5.41, 5.74) is 1.17. The second-order valence-electron chi connectivity index (χ2n) is 7.87. The molecular formula is C22H28Cl2N4O3S. The van der Waals surface area contributed by atoms with Crippen LogP contribution in [0.15, 0.2) is 47.4 Å². The Morgan fingerprint density at radius 1 is 1.12 bits per heavy atom. The number of anilines is 1. The van der Waals surface area contributed by atoms with Crippen molar-refractivity contribution < 1.29 is 13.2 Å². The second kappa shape index (κ2) is 11.3. The molecule has 3 rings (SSSR count). The third-order valence-corrected chi connectivity index (χ3v) is 7.83. The van der Waals surface area contributed by atoms with E-state index in [1.54, 1.807) is 37.3 Å². The number of carbonyl (C=O) groups is 1. The van der Waals surface area contributed by atoms with E-state index >= 15 is 0 Å². The number of piperidine rings is 1. The average molecular weight is 499 g/mol. The van der Waals surface area contributed by atoms with Crippen molar-refractivity contribution >= 4 is 44.9 Å². The van der Waals surface area contributed by atoms with E-state index < -0.39 is 16.1 Å². The van der Waals surface area contributed by atoms with Crippen LogP contribution in [0.3, 0.4) is 0 Å². The molecule has 0 saturated carbocycles. The zero-order valence-electron chi connectivity index (χ0n) is 17.8. The van der Waals surface area contributed by atoms with E-state index in [0.29, 0.717) is 33.8 Å². The Kier molecular flexibility index (Phi) is 8.79. The van der Waals surface area contributed by atoms with Gasteiger partial charge in [-0.15, -0.1) is 0 Å². The number of sulfonamides is 1. The van der Waals surface area contributed by atoms with Gasteiger partial charge in [-0.2, -0.15) is 0 Å². The molecule has 10 heteroatoms. The van der Waals surface area contributed by atoms with Gasteiger partial charge in [-0.05, 0) is 81.1 Å². The maximum atomic E-state index is 12.5. The van der Waals surface area contributed by atoms with E-state index in [4.69, 9.17) is 23.2 Å². The van der Waals surface area contributed by atoms with Crippen molar-refractivity contribution in [2.45, 2.75) is 37.1 Å². The number of halogens is 2. The molecule has 0 bridgehead atoms. The molecule has 1 aliphatic rings. The van der Waals surface area contributed by atoms with E-state index in [0.717, 1.165) is 32.4 Å². The summed E-state index contributed by atoms with van der Waals surface area (Å²) in [5.74, 6) is 0.549. The van der Waals surface area contributed by atoms with Gasteiger partial charge in [0.1, 0.15) is 0 Å².